The highest BCUT2D eigenvalue weighted by atomic mass is 35.5. The Labute approximate surface area is 94.5 Å². The van der Waals surface area contributed by atoms with Crippen LogP contribution in [0, 0.1) is 0 Å². The van der Waals surface area contributed by atoms with Gasteiger partial charge in [0.1, 0.15) is 4.88 Å². The summed E-state index contributed by atoms with van der Waals surface area (Å²) in [6.07, 6.45) is 4.33. The summed E-state index contributed by atoms with van der Waals surface area (Å²) in [7, 11) is 0. The van der Waals surface area contributed by atoms with Gasteiger partial charge < -0.3 is 4.74 Å². The van der Waals surface area contributed by atoms with Crippen molar-refractivity contribution < 1.29 is 9.53 Å². The molecule has 0 amide bonds. The molecule has 0 N–H and O–H groups in total. The van der Waals surface area contributed by atoms with Crippen LogP contribution < -0.4 is 4.74 Å². The molecule has 0 radical (unpaired) electrons. The Hall–Kier alpha value is -1.46. The van der Waals surface area contributed by atoms with Gasteiger partial charge in [-0.05, 0) is 0 Å². The Morgan fingerprint density at radius 1 is 1.33 bits per heavy atom. The Balaban J connectivity index is 2.13. The van der Waals surface area contributed by atoms with Crippen LogP contribution in [0.2, 0.25) is 5.02 Å². The highest BCUT2D eigenvalue weighted by molar-refractivity contribution is 7.11. The lowest BCUT2D eigenvalue weighted by atomic mass is 10.4. The summed E-state index contributed by atoms with van der Waals surface area (Å²) in [6, 6.07) is 1.52. The van der Waals surface area contributed by atoms with Gasteiger partial charge in [0.15, 0.2) is 5.75 Å². The molecule has 15 heavy (non-hydrogen) atoms. The largest absolute Gasteiger partial charge is 0.421 e. The van der Waals surface area contributed by atoms with Crippen LogP contribution in [0.5, 0.6) is 5.75 Å². The number of esters is 1. The maximum Gasteiger partial charge on any atom is 0.355 e. The second kappa shape index (κ2) is 4.37. The van der Waals surface area contributed by atoms with Gasteiger partial charge in [0.2, 0.25) is 0 Å². The van der Waals surface area contributed by atoms with Crippen molar-refractivity contribution in [3.8, 4) is 5.75 Å². The minimum absolute atomic E-state index is 0.320. The van der Waals surface area contributed by atoms with Crippen molar-refractivity contribution in [3.05, 3.63) is 40.1 Å². The van der Waals surface area contributed by atoms with Gasteiger partial charge in [0.25, 0.3) is 0 Å². The molecule has 0 spiro atoms. The fourth-order valence-electron chi connectivity index (χ4n) is 0.922. The molecule has 0 aliphatic carbocycles. The van der Waals surface area contributed by atoms with E-state index in [2.05, 4.69) is 9.97 Å². The molecule has 0 saturated carbocycles. The molecule has 76 valence electrons. The predicted molar refractivity (Wildman–Crippen MR) is 56.3 cm³/mol. The van der Waals surface area contributed by atoms with Gasteiger partial charge in [-0.25, -0.2) is 4.79 Å². The molecule has 0 bridgehead atoms. The minimum atomic E-state index is -0.457. The van der Waals surface area contributed by atoms with E-state index in [1.165, 1.54) is 36.0 Å². The molecular weight excluding hydrogens is 236 g/mol. The Morgan fingerprint density at radius 3 is 2.87 bits per heavy atom. The Morgan fingerprint density at radius 2 is 2.20 bits per heavy atom. The first kappa shape index (κ1) is 10.1. The molecule has 0 aliphatic rings. The van der Waals surface area contributed by atoms with E-state index in [-0.39, 0.29) is 0 Å². The summed E-state index contributed by atoms with van der Waals surface area (Å²) in [5.74, 6) is -0.137. The van der Waals surface area contributed by atoms with E-state index in [0.29, 0.717) is 15.6 Å². The van der Waals surface area contributed by atoms with E-state index in [0.717, 1.165) is 0 Å². The van der Waals surface area contributed by atoms with Gasteiger partial charge >= 0.3 is 5.97 Å². The normalized spacial score (nSPS) is 9.93. The van der Waals surface area contributed by atoms with Crippen LogP contribution in [0.25, 0.3) is 0 Å². The van der Waals surface area contributed by atoms with Gasteiger partial charge in [0, 0.05) is 12.3 Å². The molecule has 2 heterocycles. The summed E-state index contributed by atoms with van der Waals surface area (Å²) in [6.45, 7) is 0. The van der Waals surface area contributed by atoms with E-state index in [4.69, 9.17) is 16.3 Å². The number of rotatable bonds is 2. The molecular formula is C9H5ClN2O2S. The summed E-state index contributed by atoms with van der Waals surface area (Å²) in [5.41, 5.74) is 1.56. The summed E-state index contributed by atoms with van der Waals surface area (Å²) in [5, 5.41) is 0.421. The second-order valence-corrected chi connectivity index (χ2v) is 3.92. The molecule has 0 saturated heterocycles. The van der Waals surface area contributed by atoms with Crippen LogP contribution in [0.1, 0.15) is 9.67 Å². The van der Waals surface area contributed by atoms with Crippen LogP contribution in [-0.4, -0.2) is 15.9 Å². The van der Waals surface area contributed by atoms with E-state index in [9.17, 15) is 4.79 Å². The summed E-state index contributed by atoms with van der Waals surface area (Å²) >= 11 is 6.91. The van der Waals surface area contributed by atoms with Crippen LogP contribution in [0.15, 0.2) is 30.2 Å². The standard InChI is InChI=1S/C9H5ClN2O2S/c10-6-1-7(3-11-2-6)14-9(13)8-4-12-5-15-8/h1-5H. The van der Waals surface area contributed by atoms with Crippen molar-refractivity contribution in [2.75, 3.05) is 0 Å². The lowest BCUT2D eigenvalue weighted by molar-refractivity contribution is 0.0739. The number of halogens is 1. The van der Waals surface area contributed by atoms with Gasteiger partial charge in [-0.1, -0.05) is 11.6 Å². The molecule has 4 nitrogen and oxygen atoms in total. The first-order chi connectivity index (χ1) is 7.25. The van der Waals surface area contributed by atoms with Gasteiger partial charge in [-0.2, -0.15) is 0 Å². The average molecular weight is 241 g/mol. The number of hydrogen-bond donors (Lipinski definition) is 0. The number of carbonyl (C=O) groups is 1. The lowest BCUT2D eigenvalue weighted by Gasteiger charge is -2.01. The van der Waals surface area contributed by atoms with E-state index < -0.39 is 5.97 Å². The third-order valence-electron chi connectivity index (χ3n) is 1.52. The summed E-state index contributed by atoms with van der Waals surface area (Å²) in [4.78, 5) is 19.5. The second-order valence-electron chi connectivity index (χ2n) is 2.59. The number of ether oxygens (including phenoxy) is 1. The van der Waals surface area contributed by atoms with E-state index in [1.54, 1.807) is 5.51 Å². The first-order valence-corrected chi connectivity index (χ1v) is 5.22. The molecule has 0 fully saturated rings. The fourth-order valence-corrected chi connectivity index (χ4v) is 1.58. The number of pyridine rings is 1. The summed E-state index contributed by atoms with van der Waals surface area (Å²) < 4.78 is 5.02. The zero-order valence-electron chi connectivity index (χ0n) is 7.38. The number of thiazole rings is 1. The zero-order valence-corrected chi connectivity index (χ0v) is 8.96. The highest BCUT2D eigenvalue weighted by Gasteiger charge is 2.10. The number of aromatic nitrogens is 2. The third-order valence-corrected chi connectivity index (χ3v) is 2.48. The van der Waals surface area contributed by atoms with Gasteiger partial charge in [-0.3, -0.25) is 9.97 Å². The van der Waals surface area contributed by atoms with Gasteiger partial charge in [0.05, 0.1) is 22.9 Å². The van der Waals surface area contributed by atoms with Crippen LogP contribution >= 0.6 is 22.9 Å². The molecule has 0 atom stereocenters. The maximum absolute atomic E-state index is 11.5. The molecule has 6 heteroatoms. The van der Waals surface area contributed by atoms with Crippen molar-refractivity contribution in [3.63, 3.8) is 0 Å². The van der Waals surface area contributed by atoms with Gasteiger partial charge in [-0.15, -0.1) is 11.3 Å². The molecule has 2 rings (SSSR count). The SMILES string of the molecule is O=C(Oc1cncc(Cl)c1)c1cncs1. The van der Waals surface area contributed by atoms with Crippen molar-refractivity contribution >= 4 is 28.9 Å². The molecule has 0 unspecified atom stereocenters. The Bertz CT molecular complexity index is 473. The van der Waals surface area contributed by atoms with Crippen molar-refractivity contribution in [2.45, 2.75) is 0 Å². The monoisotopic (exact) mass is 240 g/mol. The fraction of sp³-hybridized carbons (Fsp3) is 0. The molecule has 0 aromatic carbocycles. The maximum atomic E-state index is 11.5. The number of nitrogens with zero attached hydrogens (tertiary/aromatic N) is 2. The van der Waals surface area contributed by atoms with Crippen molar-refractivity contribution in [1.29, 1.82) is 0 Å². The highest BCUT2D eigenvalue weighted by Crippen LogP contribution is 2.17. The number of hydrogen-bond acceptors (Lipinski definition) is 5. The predicted octanol–water partition coefficient (Wildman–Crippen LogP) is 2.41. The molecule has 2 aromatic heterocycles. The zero-order chi connectivity index (χ0) is 10.7. The van der Waals surface area contributed by atoms with Crippen molar-refractivity contribution in [2.24, 2.45) is 0 Å². The van der Waals surface area contributed by atoms with Crippen LogP contribution in [0.3, 0.4) is 0 Å². The van der Waals surface area contributed by atoms with E-state index >= 15 is 0 Å². The molecule has 0 aliphatic heterocycles. The van der Waals surface area contributed by atoms with Crippen LogP contribution in [0.4, 0.5) is 0 Å². The van der Waals surface area contributed by atoms with Crippen molar-refractivity contribution in [1.82, 2.24) is 9.97 Å². The third kappa shape index (κ3) is 2.51. The lowest BCUT2D eigenvalue weighted by Crippen LogP contribution is -2.06. The average Bonchev–Trinajstić information content (AvgIpc) is 2.70. The topological polar surface area (TPSA) is 52.1 Å². The van der Waals surface area contributed by atoms with Crippen LogP contribution in [-0.2, 0) is 0 Å². The van der Waals surface area contributed by atoms with E-state index in [1.807, 2.05) is 0 Å². The molecule has 2 aromatic rings. The first-order valence-electron chi connectivity index (χ1n) is 3.97. The minimum Gasteiger partial charge on any atom is -0.421 e. The Kier molecular flexibility index (Phi) is 2.94. The number of carbonyl (C=O) groups excluding carboxylic acids is 1. The quantitative estimate of drug-likeness (QED) is 0.757. The smallest absolute Gasteiger partial charge is 0.355 e.